The van der Waals surface area contributed by atoms with Crippen molar-refractivity contribution in [3.05, 3.63) is 59.1 Å². The van der Waals surface area contributed by atoms with Crippen LogP contribution in [-0.4, -0.2) is 25.5 Å². The van der Waals surface area contributed by atoms with E-state index in [4.69, 9.17) is 11.6 Å². The summed E-state index contributed by atoms with van der Waals surface area (Å²) in [6.07, 6.45) is 0.321. The molecule has 120 valence electrons. The van der Waals surface area contributed by atoms with Gasteiger partial charge in [-0.2, -0.15) is 0 Å². The number of benzene rings is 2. The summed E-state index contributed by atoms with van der Waals surface area (Å²) in [7, 11) is 1.34. The summed E-state index contributed by atoms with van der Waals surface area (Å²) in [5.74, 6) is -0.468. The summed E-state index contributed by atoms with van der Waals surface area (Å²) in [4.78, 5) is 23.1. The van der Waals surface area contributed by atoms with Crippen LogP contribution < -0.4 is 10.6 Å². The monoisotopic (exact) mass is 332 g/mol. The second-order valence-corrected chi connectivity index (χ2v) is 5.24. The lowest BCUT2D eigenvalue weighted by atomic mass is 10.2. The SMILES string of the molecule is COC(=O)c1ccc(NCCC(=O)Nc2ccc(Cl)cc2)cc1. The molecule has 0 spiro atoms. The first-order valence-electron chi connectivity index (χ1n) is 7.06. The number of ether oxygens (including phenoxy) is 1. The van der Waals surface area contributed by atoms with Crippen molar-refractivity contribution in [3.8, 4) is 0 Å². The lowest BCUT2D eigenvalue weighted by Gasteiger charge is -2.08. The van der Waals surface area contributed by atoms with Crippen molar-refractivity contribution in [2.75, 3.05) is 24.3 Å². The Labute approximate surface area is 139 Å². The number of anilines is 2. The highest BCUT2D eigenvalue weighted by molar-refractivity contribution is 6.30. The lowest BCUT2D eigenvalue weighted by Crippen LogP contribution is -2.16. The molecule has 2 rings (SSSR count). The van der Waals surface area contributed by atoms with Crippen LogP contribution >= 0.6 is 11.6 Å². The Bertz CT molecular complexity index is 669. The minimum Gasteiger partial charge on any atom is -0.465 e. The smallest absolute Gasteiger partial charge is 0.337 e. The van der Waals surface area contributed by atoms with Crippen LogP contribution in [0, 0.1) is 0 Å². The third-order valence-electron chi connectivity index (χ3n) is 3.12. The molecule has 0 aromatic heterocycles. The van der Waals surface area contributed by atoms with Gasteiger partial charge in [0.05, 0.1) is 12.7 Å². The van der Waals surface area contributed by atoms with Crippen molar-refractivity contribution >= 4 is 34.9 Å². The van der Waals surface area contributed by atoms with E-state index >= 15 is 0 Å². The number of rotatable bonds is 6. The number of amides is 1. The summed E-state index contributed by atoms with van der Waals surface area (Å²) in [5.41, 5.74) is 2.03. The molecule has 0 fully saturated rings. The molecular weight excluding hydrogens is 316 g/mol. The maximum absolute atomic E-state index is 11.8. The fourth-order valence-electron chi connectivity index (χ4n) is 1.92. The number of hydrogen-bond acceptors (Lipinski definition) is 4. The predicted molar refractivity (Wildman–Crippen MR) is 91.0 cm³/mol. The summed E-state index contributed by atoms with van der Waals surface area (Å²) >= 11 is 5.79. The molecule has 5 nitrogen and oxygen atoms in total. The van der Waals surface area contributed by atoms with Crippen molar-refractivity contribution in [3.63, 3.8) is 0 Å². The fourth-order valence-corrected chi connectivity index (χ4v) is 2.05. The Morgan fingerprint density at radius 1 is 1.00 bits per heavy atom. The lowest BCUT2D eigenvalue weighted by molar-refractivity contribution is -0.115. The largest absolute Gasteiger partial charge is 0.465 e. The summed E-state index contributed by atoms with van der Waals surface area (Å²) < 4.78 is 4.63. The summed E-state index contributed by atoms with van der Waals surface area (Å²) in [5, 5.41) is 6.53. The predicted octanol–water partition coefficient (Wildman–Crippen LogP) is 3.57. The van der Waals surface area contributed by atoms with Crippen molar-refractivity contribution in [1.29, 1.82) is 0 Å². The highest BCUT2D eigenvalue weighted by atomic mass is 35.5. The minimum atomic E-state index is -0.376. The molecule has 6 heteroatoms. The maximum Gasteiger partial charge on any atom is 0.337 e. The van der Waals surface area contributed by atoms with Crippen molar-refractivity contribution in [1.82, 2.24) is 0 Å². The van der Waals surface area contributed by atoms with E-state index in [1.807, 2.05) is 0 Å². The van der Waals surface area contributed by atoms with Crippen LogP contribution in [0.5, 0.6) is 0 Å². The Morgan fingerprint density at radius 2 is 1.61 bits per heavy atom. The molecule has 0 bridgehead atoms. The van der Waals surface area contributed by atoms with E-state index in [9.17, 15) is 9.59 Å². The van der Waals surface area contributed by atoms with Crippen LogP contribution in [-0.2, 0) is 9.53 Å². The number of halogens is 1. The minimum absolute atomic E-state index is 0.0917. The van der Waals surface area contributed by atoms with Gasteiger partial charge in [0.15, 0.2) is 0 Å². The van der Waals surface area contributed by atoms with E-state index in [0.717, 1.165) is 5.69 Å². The van der Waals surface area contributed by atoms with Gasteiger partial charge in [-0.05, 0) is 48.5 Å². The summed E-state index contributed by atoms with van der Waals surface area (Å²) in [6.45, 7) is 0.483. The number of hydrogen-bond donors (Lipinski definition) is 2. The zero-order valence-corrected chi connectivity index (χ0v) is 13.4. The van der Waals surface area contributed by atoms with E-state index in [0.29, 0.717) is 29.2 Å². The van der Waals surface area contributed by atoms with Crippen molar-refractivity contribution in [2.24, 2.45) is 0 Å². The van der Waals surface area contributed by atoms with Crippen molar-refractivity contribution < 1.29 is 14.3 Å². The first-order chi connectivity index (χ1) is 11.1. The molecule has 0 saturated carbocycles. The van der Waals surface area contributed by atoms with Gasteiger partial charge in [-0.1, -0.05) is 11.6 Å². The number of carbonyl (C=O) groups excluding carboxylic acids is 2. The third kappa shape index (κ3) is 5.30. The zero-order chi connectivity index (χ0) is 16.7. The molecule has 2 N–H and O–H groups in total. The first kappa shape index (κ1) is 16.8. The molecule has 2 aromatic rings. The number of methoxy groups -OCH3 is 1. The van der Waals surface area contributed by atoms with Gasteiger partial charge in [-0.15, -0.1) is 0 Å². The Balaban J connectivity index is 1.77. The van der Waals surface area contributed by atoms with E-state index in [1.54, 1.807) is 48.5 Å². The Hall–Kier alpha value is -2.53. The van der Waals surface area contributed by atoms with Gasteiger partial charge in [0, 0.05) is 29.4 Å². The van der Waals surface area contributed by atoms with Crippen LogP contribution in [0.4, 0.5) is 11.4 Å². The van der Waals surface area contributed by atoms with Gasteiger partial charge in [-0.25, -0.2) is 4.79 Å². The van der Waals surface area contributed by atoms with Crippen LogP contribution in [0.1, 0.15) is 16.8 Å². The second-order valence-electron chi connectivity index (χ2n) is 4.80. The Kier molecular flexibility index (Phi) is 6.00. The molecule has 0 aliphatic heterocycles. The molecular formula is C17H17ClN2O3. The number of nitrogens with one attached hydrogen (secondary N) is 2. The molecule has 23 heavy (non-hydrogen) atoms. The normalized spacial score (nSPS) is 10.0. The highest BCUT2D eigenvalue weighted by Gasteiger charge is 2.05. The third-order valence-corrected chi connectivity index (χ3v) is 3.37. The average Bonchev–Trinajstić information content (AvgIpc) is 2.57. The first-order valence-corrected chi connectivity index (χ1v) is 7.44. The van der Waals surface area contributed by atoms with E-state index < -0.39 is 0 Å². The van der Waals surface area contributed by atoms with Gasteiger partial charge in [0.1, 0.15) is 0 Å². The fraction of sp³-hybridized carbons (Fsp3) is 0.176. The number of carbonyl (C=O) groups is 2. The van der Waals surface area contributed by atoms with E-state index in [2.05, 4.69) is 15.4 Å². The molecule has 0 unspecified atom stereocenters. The quantitative estimate of drug-likeness (QED) is 0.794. The highest BCUT2D eigenvalue weighted by Crippen LogP contribution is 2.14. The van der Waals surface area contributed by atoms with E-state index in [1.165, 1.54) is 7.11 Å². The second kappa shape index (κ2) is 8.19. The molecule has 2 aromatic carbocycles. The molecule has 1 amide bonds. The van der Waals surface area contributed by atoms with Gasteiger partial charge >= 0.3 is 5.97 Å². The van der Waals surface area contributed by atoms with Gasteiger partial charge in [0.2, 0.25) is 5.91 Å². The van der Waals surface area contributed by atoms with Crippen LogP contribution in [0.15, 0.2) is 48.5 Å². The molecule has 0 aliphatic rings. The topological polar surface area (TPSA) is 67.4 Å². The standard InChI is InChI=1S/C17H17ClN2O3/c1-23-17(22)12-2-6-14(7-3-12)19-11-10-16(21)20-15-8-4-13(18)5-9-15/h2-9,19H,10-11H2,1H3,(H,20,21). The van der Waals surface area contributed by atoms with Crippen LogP contribution in [0.25, 0.3) is 0 Å². The number of esters is 1. The molecule has 0 atom stereocenters. The molecule has 0 aliphatic carbocycles. The van der Waals surface area contributed by atoms with Gasteiger partial charge < -0.3 is 15.4 Å². The molecule has 0 radical (unpaired) electrons. The van der Waals surface area contributed by atoms with Crippen LogP contribution in [0.2, 0.25) is 5.02 Å². The van der Waals surface area contributed by atoms with Crippen molar-refractivity contribution in [2.45, 2.75) is 6.42 Å². The van der Waals surface area contributed by atoms with Gasteiger partial charge in [0.25, 0.3) is 0 Å². The summed E-state index contributed by atoms with van der Waals surface area (Å²) in [6, 6.07) is 13.8. The molecule has 0 saturated heterocycles. The maximum atomic E-state index is 11.8. The molecule has 0 heterocycles. The Morgan fingerprint density at radius 3 is 2.22 bits per heavy atom. The van der Waals surface area contributed by atoms with Crippen LogP contribution in [0.3, 0.4) is 0 Å². The zero-order valence-electron chi connectivity index (χ0n) is 12.6. The average molecular weight is 333 g/mol. The van der Waals surface area contributed by atoms with E-state index in [-0.39, 0.29) is 11.9 Å². The van der Waals surface area contributed by atoms with Gasteiger partial charge in [-0.3, -0.25) is 4.79 Å².